The minimum Gasteiger partial charge on any atom is -0.397 e. The van der Waals surface area contributed by atoms with Gasteiger partial charge in [0.25, 0.3) is 0 Å². The highest BCUT2D eigenvalue weighted by Crippen LogP contribution is 2.31. The van der Waals surface area contributed by atoms with Crippen molar-refractivity contribution in [3.8, 4) is 0 Å². The molecule has 0 bridgehead atoms. The molecule has 0 spiro atoms. The predicted molar refractivity (Wildman–Crippen MR) is 82.8 cm³/mol. The summed E-state index contributed by atoms with van der Waals surface area (Å²) in [5.41, 5.74) is 7.97. The summed E-state index contributed by atoms with van der Waals surface area (Å²) in [6.07, 6.45) is 8.08. The van der Waals surface area contributed by atoms with Crippen LogP contribution in [0.5, 0.6) is 0 Å². The number of hydrogen-bond acceptors (Lipinski definition) is 2. The van der Waals surface area contributed by atoms with Crippen molar-refractivity contribution in [2.75, 3.05) is 11.1 Å². The van der Waals surface area contributed by atoms with Crippen LogP contribution in [0.1, 0.15) is 45.4 Å². The van der Waals surface area contributed by atoms with E-state index in [4.69, 9.17) is 5.73 Å². The van der Waals surface area contributed by atoms with Gasteiger partial charge in [-0.1, -0.05) is 42.1 Å². The Bertz CT molecular complexity index is 386. The number of nitrogens with one attached hydrogen (secondary N) is 1. The van der Waals surface area contributed by atoms with E-state index >= 15 is 0 Å². The van der Waals surface area contributed by atoms with Gasteiger partial charge in [-0.15, -0.1) is 0 Å². The zero-order valence-corrected chi connectivity index (χ0v) is 12.7. The van der Waals surface area contributed by atoms with Crippen LogP contribution < -0.4 is 11.1 Å². The highest BCUT2D eigenvalue weighted by molar-refractivity contribution is 9.10. The van der Waals surface area contributed by atoms with Crippen LogP contribution in [0, 0.1) is 5.92 Å². The molecule has 1 unspecified atom stereocenters. The van der Waals surface area contributed by atoms with Crippen molar-refractivity contribution in [3.05, 3.63) is 22.7 Å². The monoisotopic (exact) mass is 310 g/mol. The first-order chi connectivity index (χ1) is 8.70. The second kappa shape index (κ2) is 6.46. The lowest BCUT2D eigenvalue weighted by atomic mass is 9.83. The van der Waals surface area contributed by atoms with Crippen LogP contribution in [-0.4, -0.2) is 6.04 Å². The zero-order chi connectivity index (χ0) is 13.0. The summed E-state index contributed by atoms with van der Waals surface area (Å²) >= 11 is 3.45. The Morgan fingerprint density at radius 2 is 2.06 bits per heavy atom. The molecule has 0 radical (unpaired) electrons. The molecule has 1 atom stereocenters. The highest BCUT2D eigenvalue weighted by Gasteiger charge is 2.22. The van der Waals surface area contributed by atoms with E-state index in [2.05, 4.69) is 34.2 Å². The van der Waals surface area contributed by atoms with Crippen LogP contribution in [0.2, 0.25) is 0 Å². The fourth-order valence-electron chi connectivity index (χ4n) is 2.95. The molecule has 0 amide bonds. The Morgan fingerprint density at radius 1 is 1.33 bits per heavy atom. The first-order valence-corrected chi connectivity index (χ1v) is 7.81. The normalized spacial score (nSPS) is 18.6. The maximum absolute atomic E-state index is 6.06. The smallest absolute Gasteiger partial charge is 0.0576 e. The molecule has 1 saturated carbocycles. The van der Waals surface area contributed by atoms with Crippen molar-refractivity contribution in [2.45, 2.75) is 51.5 Å². The third-order valence-corrected chi connectivity index (χ3v) is 4.51. The maximum Gasteiger partial charge on any atom is 0.0576 e. The number of halogens is 1. The van der Waals surface area contributed by atoms with Gasteiger partial charge in [0.2, 0.25) is 0 Å². The molecule has 1 fully saturated rings. The van der Waals surface area contributed by atoms with E-state index < -0.39 is 0 Å². The molecule has 3 heteroatoms. The zero-order valence-electron chi connectivity index (χ0n) is 11.1. The lowest BCUT2D eigenvalue weighted by molar-refractivity contribution is 0.313. The van der Waals surface area contributed by atoms with Gasteiger partial charge in [-0.2, -0.15) is 0 Å². The average Bonchev–Trinajstić information content (AvgIpc) is 2.39. The molecule has 1 aromatic carbocycles. The van der Waals surface area contributed by atoms with Gasteiger partial charge in [-0.25, -0.2) is 0 Å². The third-order valence-electron chi connectivity index (χ3n) is 4.01. The molecule has 0 aromatic heterocycles. The Morgan fingerprint density at radius 3 is 2.67 bits per heavy atom. The summed E-state index contributed by atoms with van der Waals surface area (Å²) in [7, 11) is 0. The number of anilines is 2. The third kappa shape index (κ3) is 3.41. The minimum absolute atomic E-state index is 0.564. The molecular weight excluding hydrogens is 288 g/mol. The van der Waals surface area contributed by atoms with Gasteiger partial charge in [0, 0.05) is 10.5 Å². The van der Waals surface area contributed by atoms with E-state index in [1.54, 1.807) is 0 Å². The van der Waals surface area contributed by atoms with Gasteiger partial charge in [-0.3, -0.25) is 0 Å². The van der Waals surface area contributed by atoms with Crippen LogP contribution in [0.3, 0.4) is 0 Å². The lowest BCUT2D eigenvalue weighted by Crippen LogP contribution is -2.30. The molecule has 0 saturated heterocycles. The Hall–Kier alpha value is -0.700. The lowest BCUT2D eigenvalue weighted by Gasteiger charge is -2.31. The summed E-state index contributed by atoms with van der Waals surface area (Å²) in [4.78, 5) is 0. The summed E-state index contributed by atoms with van der Waals surface area (Å²) in [5.74, 6) is 0.812. The first-order valence-electron chi connectivity index (χ1n) is 7.02. The Balaban J connectivity index is 2.04. The van der Waals surface area contributed by atoms with Gasteiger partial charge < -0.3 is 11.1 Å². The minimum atomic E-state index is 0.564. The summed E-state index contributed by atoms with van der Waals surface area (Å²) in [6, 6.07) is 6.65. The molecule has 18 heavy (non-hydrogen) atoms. The van der Waals surface area contributed by atoms with E-state index in [1.165, 1.54) is 38.5 Å². The Kier molecular flexibility index (Phi) is 4.93. The number of nitrogens with two attached hydrogens (primary N) is 1. The molecule has 1 aliphatic rings. The number of nitrogen functional groups attached to an aromatic ring is 1. The molecule has 0 aliphatic heterocycles. The molecule has 1 aliphatic carbocycles. The topological polar surface area (TPSA) is 38.0 Å². The van der Waals surface area contributed by atoms with Crippen LogP contribution in [0.25, 0.3) is 0 Å². The molecule has 100 valence electrons. The van der Waals surface area contributed by atoms with Crippen molar-refractivity contribution in [2.24, 2.45) is 5.92 Å². The van der Waals surface area contributed by atoms with Crippen LogP contribution in [0.15, 0.2) is 22.7 Å². The van der Waals surface area contributed by atoms with Crippen molar-refractivity contribution >= 4 is 27.3 Å². The molecule has 1 aromatic rings. The second-order valence-corrected chi connectivity index (χ2v) is 6.20. The van der Waals surface area contributed by atoms with Crippen LogP contribution >= 0.6 is 15.9 Å². The highest BCUT2D eigenvalue weighted by atomic mass is 79.9. The average molecular weight is 311 g/mol. The molecular formula is C15H23BrN2. The maximum atomic E-state index is 6.06. The summed E-state index contributed by atoms with van der Waals surface area (Å²) in [6.45, 7) is 2.27. The van der Waals surface area contributed by atoms with E-state index in [9.17, 15) is 0 Å². The van der Waals surface area contributed by atoms with E-state index in [0.717, 1.165) is 21.8 Å². The van der Waals surface area contributed by atoms with Crippen molar-refractivity contribution < 1.29 is 0 Å². The van der Waals surface area contributed by atoms with Gasteiger partial charge in [0.1, 0.15) is 0 Å². The fraction of sp³-hybridized carbons (Fsp3) is 0.600. The molecule has 0 heterocycles. The predicted octanol–water partition coefficient (Wildman–Crippen LogP) is 4.80. The summed E-state index contributed by atoms with van der Waals surface area (Å²) in [5, 5.41) is 3.65. The van der Waals surface area contributed by atoms with E-state index in [0.29, 0.717) is 6.04 Å². The second-order valence-electron chi connectivity index (χ2n) is 5.29. The first kappa shape index (κ1) is 13.7. The molecule has 3 N–H and O–H groups in total. The molecule has 2 rings (SSSR count). The van der Waals surface area contributed by atoms with Crippen molar-refractivity contribution in [1.29, 1.82) is 0 Å². The van der Waals surface area contributed by atoms with Crippen LogP contribution in [0.4, 0.5) is 11.4 Å². The van der Waals surface area contributed by atoms with Crippen molar-refractivity contribution in [3.63, 3.8) is 0 Å². The summed E-state index contributed by atoms with van der Waals surface area (Å²) < 4.78 is 1.04. The van der Waals surface area contributed by atoms with Gasteiger partial charge in [0.05, 0.1) is 11.4 Å². The molecule has 2 nitrogen and oxygen atoms in total. The standard InChI is InChI=1S/C15H23BrN2/c1-2-14(11-6-4-3-5-7-11)18-15-9-8-12(16)10-13(15)17/h8-11,14,18H,2-7,17H2,1H3. The Labute approximate surface area is 118 Å². The quantitative estimate of drug-likeness (QED) is 0.784. The number of benzene rings is 1. The largest absolute Gasteiger partial charge is 0.397 e. The van der Waals surface area contributed by atoms with E-state index in [1.807, 2.05) is 12.1 Å². The number of rotatable bonds is 4. The van der Waals surface area contributed by atoms with Crippen LogP contribution in [-0.2, 0) is 0 Å². The van der Waals surface area contributed by atoms with Gasteiger partial charge in [-0.05, 0) is 43.4 Å². The van der Waals surface area contributed by atoms with Gasteiger partial charge >= 0.3 is 0 Å². The number of hydrogen-bond donors (Lipinski definition) is 2. The van der Waals surface area contributed by atoms with Crippen molar-refractivity contribution in [1.82, 2.24) is 0 Å². The fourth-order valence-corrected chi connectivity index (χ4v) is 3.33. The van der Waals surface area contributed by atoms with Gasteiger partial charge in [0.15, 0.2) is 0 Å². The van der Waals surface area contributed by atoms with E-state index in [-0.39, 0.29) is 0 Å². The SMILES string of the molecule is CCC(Nc1ccc(Br)cc1N)C1CCCCC1.